The molecular weight excluding hydrogens is 302 g/mol. The van der Waals surface area contributed by atoms with Gasteiger partial charge in [-0.3, -0.25) is 4.68 Å². The SMILES string of the molecule is Cc1c(Br)cccc1C(N)Cc1ccn(C(C)C)n1. The average Bonchev–Trinajstić information content (AvgIpc) is 2.81. The predicted molar refractivity (Wildman–Crippen MR) is 82.1 cm³/mol. The van der Waals surface area contributed by atoms with Crippen LogP contribution in [0.25, 0.3) is 0 Å². The van der Waals surface area contributed by atoms with Crippen LogP contribution in [0.15, 0.2) is 34.9 Å². The standard InChI is InChI=1S/C15H20BrN3/c1-10(2)19-8-7-12(18-19)9-15(17)13-5-4-6-14(16)11(13)3/h4-8,10,15H,9,17H2,1-3H3. The molecule has 2 N–H and O–H groups in total. The van der Waals surface area contributed by atoms with Crippen molar-refractivity contribution >= 4 is 15.9 Å². The summed E-state index contributed by atoms with van der Waals surface area (Å²) in [4.78, 5) is 0. The highest BCUT2D eigenvalue weighted by molar-refractivity contribution is 9.10. The summed E-state index contributed by atoms with van der Waals surface area (Å²) in [5.41, 5.74) is 9.74. The largest absolute Gasteiger partial charge is 0.324 e. The Morgan fingerprint density at radius 1 is 1.32 bits per heavy atom. The number of rotatable bonds is 4. The Kier molecular flexibility index (Phi) is 4.42. The second kappa shape index (κ2) is 5.88. The van der Waals surface area contributed by atoms with Gasteiger partial charge in [-0.2, -0.15) is 5.10 Å². The minimum atomic E-state index is -0.0204. The first kappa shape index (κ1) is 14.3. The number of halogens is 1. The van der Waals surface area contributed by atoms with Gasteiger partial charge < -0.3 is 5.73 Å². The predicted octanol–water partition coefficient (Wildman–Crippen LogP) is 3.78. The third-order valence-corrected chi connectivity index (χ3v) is 4.19. The highest BCUT2D eigenvalue weighted by Crippen LogP contribution is 2.25. The van der Waals surface area contributed by atoms with Gasteiger partial charge in [0.15, 0.2) is 0 Å². The van der Waals surface area contributed by atoms with E-state index in [4.69, 9.17) is 5.73 Å². The van der Waals surface area contributed by atoms with Gasteiger partial charge in [-0.15, -0.1) is 0 Å². The molecule has 3 nitrogen and oxygen atoms in total. The van der Waals surface area contributed by atoms with Crippen LogP contribution in [-0.2, 0) is 6.42 Å². The van der Waals surface area contributed by atoms with Gasteiger partial charge in [-0.1, -0.05) is 28.1 Å². The molecule has 0 saturated heterocycles. The zero-order valence-electron chi connectivity index (χ0n) is 11.6. The lowest BCUT2D eigenvalue weighted by molar-refractivity contribution is 0.522. The van der Waals surface area contributed by atoms with E-state index in [9.17, 15) is 0 Å². The lowest BCUT2D eigenvalue weighted by atomic mass is 9.98. The number of benzene rings is 1. The van der Waals surface area contributed by atoms with Gasteiger partial charge in [-0.25, -0.2) is 0 Å². The molecule has 0 radical (unpaired) electrons. The Labute approximate surface area is 122 Å². The van der Waals surface area contributed by atoms with E-state index < -0.39 is 0 Å². The zero-order valence-corrected chi connectivity index (χ0v) is 13.2. The number of hydrogen-bond acceptors (Lipinski definition) is 2. The van der Waals surface area contributed by atoms with E-state index in [0.717, 1.165) is 16.6 Å². The summed E-state index contributed by atoms with van der Waals surface area (Å²) in [6, 6.07) is 8.57. The van der Waals surface area contributed by atoms with E-state index in [-0.39, 0.29) is 6.04 Å². The second-order valence-corrected chi connectivity index (χ2v) is 6.00. The van der Waals surface area contributed by atoms with Crippen molar-refractivity contribution in [3.05, 3.63) is 51.8 Å². The molecule has 1 aromatic carbocycles. The van der Waals surface area contributed by atoms with E-state index in [1.165, 1.54) is 11.1 Å². The van der Waals surface area contributed by atoms with Gasteiger partial charge in [0, 0.05) is 29.2 Å². The molecule has 0 amide bonds. The second-order valence-electron chi connectivity index (χ2n) is 5.15. The zero-order chi connectivity index (χ0) is 14.0. The molecule has 102 valence electrons. The Morgan fingerprint density at radius 3 is 2.68 bits per heavy atom. The summed E-state index contributed by atoms with van der Waals surface area (Å²) in [6.07, 6.45) is 2.78. The summed E-state index contributed by atoms with van der Waals surface area (Å²) >= 11 is 3.55. The minimum Gasteiger partial charge on any atom is -0.324 e. The van der Waals surface area contributed by atoms with Crippen LogP contribution in [0, 0.1) is 6.92 Å². The van der Waals surface area contributed by atoms with Gasteiger partial charge in [0.25, 0.3) is 0 Å². The van der Waals surface area contributed by atoms with Gasteiger partial charge in [0.1, 0.15) is 0 Å². The van der Waals surface area contributed by atoms with Crippen molar-refractivity contribution in [3.8, 4) is 0 Å². The van der Waals surface area contributed by atoms with Crippen molar-refractivity contribution < 1.29 is 0 Å². The third-order valence-electron chi connectivity index (χ3n) is 3.33. The molecule has 0 spiro atoms. The fourth-order valence-corrected chi connectivity index (χ4v) is 2.52. The van der Waals surface area contributed by atoms with Crippen LogP contribution in [0.2, 0.25) is 0 Å². The lowest BCUT2D eigenvalue weighted by Crippen LogP contribution is -2.15. The molecule has 1 heterocycles. The van der Waals surface area contributed by atoms with Crippen LogP contribution in [0.1, 0.15) is 42.8 Å². The minimum absolute atomic E-state index is 0.0204. The average molecular weight is 322 g/mol. The van der Waals surface area contributed by atoms with Crippen LogP contribution >= 0.6 is 15.9 Å². The molecule has 0 fully saturated rings. The summed E-state index contributed by atoms with van der Waals surface area (Å²) in [5, 5.41) is 4.55. The number of aromatic nitrogens is 2. The molecule has 2 rings (SSSR count). The fourth-order valence-electron chi connectivity index (χ4n) is 2.13. The first-order chi connectivity index (χ1) is 8.99. The van der Waals surface area contributed by atoms with E-state index >= 15 is 0 Å². The summed E-state index contributed by atoms with van der Waals surface area (Å²) in [7, 11) is 0. The van der Waals surface area contributed by atoms with Crippen LogP contribution in [-0.4, -0.2) is 9.78 Å². The Hall–Kier alpha value is -1.13. The molecule has 0 aliphatic heterocycles. The van der Waals surface area contributed by atoms with E-state index in [1.807, 2.05) is 29.1 Å². The van der Waals surface area contributed by atoms with Crippen LogP contribution in [0.3, 0.4) is 0 Å². The molecule has 0 bridgehead atoms. The molecule has 1 atom stereocenters. The highest BCUT2D eigenvalue weighted by Gasteiger charge is 2.13. The van der Waals surface area contributed by atoms with Gasteiger partial charge >= 0.3 is 0 Å². The summed E-state index contributed by atoms with van der Waals surface area (Å²) in [5.74, 6) is 0. The van der Waals surface area contributed by atoms with E-state index in [0.29, 0.717) is 6.04 Å². The normalized spacial score (nSPS) is 12.9. The van der Waals surface area contributed by atoms with Crippen molar-refractivity contribution in [1.82, 2.24) is 9.78 Å². The van der Waals surface area contributed by atoms with Gasteiger partial charge in [0.2, 0.25) is 0 Å². The smallest absolute Gasteiger partial charge is 0.0643 e. The highest BCUT2D eigenvalue weighted by atomic mass is 79.9. The Morgan fingerprint density at radius 2 is 2.05 bits per heavy atom. The van der Waals surface area contributed by atoms with Crippen molar-refractivity contribution in [1.29, 1.82) is 0 Å². The monoisotopic (exact) mass is 321 g/mol. The third kappa shape index (κ3) is 3.25. The van der Waals surface area contributed by atoms with Crippen LogP contribution in [0.4, 0.5) is 0 Å². The Balaban J connectivity index is 2.16. The maximum Gasteiger partial charge on any atom is 0.0643 e. The first-order valence-electron chi connectivity index (χ1n) is 6.53. The van der Waals surface area contributed by atoms with Gasteiger partial charge in [0.05, 0.1) is 5.69 Å². The molecule has 1 aromatic heterocycles. The van der Waals surface area contributed by atoms with E-state index in [1.54, 1.807) is 0 Å². The van der Waals surface area contributed by atoms with Crippen molar-refractivity contribution in [3.63, 3.8) is 0 Å². The molecule has 19 heavy (non-hydrogen) atoms. The van der Waals surface area contributed by atoms with Crippen molar-refractivity contribution in [2.24, 2.45) is 5.73 Å². The van der Waals surface area contributed by atoms with Crippen LogP contribution in [0.5, 0.6) is 0 Å². The van der Waals surface area contributed by atoms with Gasteiger partial charge in [-0.05, 0) is 44.0 Å². The first-order valence-corrected chi connectivity index (χ1v) is 7.33. The molecule has 0 aliphatic carbocycles. The molecule has 0 aliphatic rings. The fraction of sp³-hybridized carbons (Fsp3) is 0.400. The molecule has 0 saturated carbocycles. The number of nitrogens with two attached hydrogens (primary N) is 1. The number of nitrogens with zero attached hydrogens (tertiary/aromatic N) is 2. The summed E-state index contributed by atoms with van der Waals surface area (Å²) < 4.78 is 3.07. The molecular formula is C15H20BrN3. The molecule has 2 aromatic rings. The summed E-state index contributed by atoms with van der Waals surface area (Å²) in [6.45, 7) is 6.33. The molecule has 1 unspecified atom stereocenters. The lowest BCUT2D eigenvalue weighted by Gasteiger charge is -2.14. The maximum absolute atomic E-state index is 6.31. The maximum atomic E-state index is 6.31. The number of hydrogen-bond donors (Lipinski definition) is 1. The van der Waals surface area contributed by atoms with Crippen molar-refractivity contribution in [2.75, 3.05) is 0 Å². The quantitative estimate of drug-likeness (QED) is 0.931. The van der Waals surface area contributed by atoms with Crippen LogP contribution < -0.4 is 5.73 Å². The van der Waals surface area contributed by atoms with Crippen molar-refractivity contribution in [2.45, 2.75) is 39.3 Å². The van der Waals surface area contributed by atoms with E-state index in [2.05, 4.69) is 47.9 Å². The Bertz CT molecular complexity index is 560. The topological polar surface area (TPSA) is 43.8 Å². The molecule has 4 heteroatoms.